The predicted molar refractivity (Wildman–Crippen MR) is 328 cm³/mol. The van der Waals surface area contributed by atoms with Gasteiger partial charge in [-0.3, -0.25) is 32.7 Å². The maximum Gasteiger partial charge on any atom is 0.472 e. The van der Waals surface area contributed by atoms with Crippen LogP contribution in [0.1, 0.15) is 114 Å². The van der Waals surface area contributed by atoms with E-state index in [2.05, 4.69) is 76.4 Å². The van der Waals surface area contributed by atoms with Crippen LogP contribution in [0.3, 0.4) is 0 Å². The SMILES string of the molecule is CCN1c2cc3c(cc2C(C)=CC1(C)C)C(=CC=CC=CC1=[N+](CCCS(=O)(=O)[O-])c2ccc(S(=O)(=O)O)cc2C1(C)CCCC(=O)NCCCCCCNc1nc2c(=O)[nH]c(N)nc2n1[C@@H]1O[C@@H]2COP(=O)(O)O[C@H]2[C@H]1O)C=C(c1ccccc1)O3. The van der Waals surface area contributed by atoms with E-state index < -0.39 is 69.3 Å². The number of anilines is 3. The Hall–Kier alpha value is -7.10. The Morgan fingerprint density at radius 1 is 0.989 bits per heavy atom. The zero-order valence-electron chi connectivity index (χ0n) is 48.8. The highest BCUT2D eigenvalue weighted by molar-refractivity contribution is 7.86. The highest BCUT2D eigenvalue weighted by atomic mass is 32.2. The summed E-state index contributed by atoms with van der Waals surface area (Å²) in [5.41, 5.74) is 11.9. The number of fused-ring (bicyclic) bond motifs is 5. The van der Waals surface area contributed by atoms with Crippen LogP contribution in [0.25, 0.3) is 28.1 Å². The van der Waals surface area contributed by atoms with E-state index in [0.717, 1.165) is 58.7 Å². The number of phosphoric acid groups is 1. The zero-order chi connectivity index (χ0) is 62.2. The van der Waals surface area contributed by atoms with Crippen molar-refractivity contribution in [2.75, 3.05) is 54.5 Å². The number of nitrogen functional groups attached to an aromatic ring is 1. The highest BCUT2D eigenvalue weighted by Crippen LogP contribution is 2.53. The van der Waals surface area contributed by atoms with Gasteiger partial charge in [-0.1, -0.05) is 73.6 Å². The topological polar surface area (TPSA) is 343 Å². The second kappa shape index (κ2) is 25.2. The summed E-state index contributed by atoms with van der Waals surface area (Å²) in [4.78, 5) is 49.2. The Labute approximate surface area is 504 Å². The Balaban J connectivity index is 0.811. The number of imidazole rings is 1. The van der Waals surface area contributed by atoms with Crippen LogP contribution >= 0.6 is 7.82 Å². The molecule has 8 N–H and O–H groups in total. The Morgan fingerprint density at radius 3 is 2.48 bits per heavy atom. The van der Waals surface area contributed by atoms with E-state index in [4.69, 9.17) is 24.3 Å². The molecule has 5 aromatic rings. The number of allylic oxidation sites excluding steroid dienone is 8. The first-order valence-electron chi connectivity index (χ1n) is 28.9. The van der Waals surface area contributed by atoms with Gasteiger partial charge in [0.2, 0.25) is 23.5 Å². The number of nitrogens with two attached hydrogens (primary N) is 1. The van der Waals surface area contributed by atoms with E-state index in [1.165, 1.54) is 16.7 Å². The number of aromatic amines is 1. The number of carbonyl (C=O) groups is 1. The Bertz CT molecular complexity index is 4050. The summed E-state index contributed by atoms with van der Waals surface area (Å²) >= 11 is 0. The molecule has 5 aliphatic rings. The van der Waals surface area contributed by atoms with E-state index in [0.29, 0.717) is 61.5 Å². The number of phosphoric ester groups is 1. The molecule has 7 heterocycles. The molecule has 2 unspecified atom stereocenters. The van der Waals surface area contributed by atoms with E-state index in [1.54, 1.807) is 6.07 Å². The number of aromatic nitrogens is 4. The molecule has 5 aliphatic heterocycles. The molecule has 0 spiro atoms. The second-order valence-corrected chi connectivity index (χ2v) is 27.3. The number of hydrogen-bond acceptors (Lipinski definition) is 18. The number of nitrogens with one attached hydrogen (secondary N) is 3. The van der Waals surface area contributed by atoms with Crippen molar-refractivity contribution in [3.05, 3.63) is 136 Å². The standard InChI is InChI=1S/C60H72N9O15PS2/c1-6-68-45-34-47-42(33-41(45)37(2)35-59(68,3)4)39(31-46(82-47)38-19-11-9-12-20-38)21-13-10-14-22-49-60(5,43-32-40(87(78,79)80)24-25-44(43)67(49)29-18-30-86(75,76)77)26-17-23-50(70)62-27-15-7-8-16-28-63-58-64-51-54(65-57(61)66-55(51)72)69(58)56-52(71)53-48(83-56)36-81-85(73,74)84-53/h9-14,19-22,24-25,31-35,48,52-53,56,71H,6-8,15-18,23,26-30,36H2,1-5H3,(H7-,61,62,63,64,65,66,70,72,73,74,75,76,77,78,79,80)/t48-,52-,53-,56-,60?/m1/s1. The van der Waals surface area contributed by atoms with Gasteiger partial charge in [-0.2, -0.15) is 18.0 Å². The summed E-state index contributed by atoms with van der Waals surface area (Å²) in [6.45, 7) is 11.9. The van der Waals surface area contributed by atoms with Gasteiger partial charge in [0.15, 0.2) is 23.1 Å². The van der Waals surface area contributed by atoms with Gasteiger partial charge in [0, 0.05) is 84.4 Å². The smallest absolute Gasteiger partial charge is 0.472 e. The maximum atomic E-state index is 13.4. The highest BCUT2D eigenvalue weighted by Gasteiger charge is 2.53. The van der Waals surface area contributed by atoms with Gasteiger partial charge in [0.25, 0.3) is 15.7 Å². The maximum absolute atomic E-state index is 13.4. The molecule has 2 aromatic heterocycles. The van der Waals surface area contributed by atoms with E-state index in [9.17, 15) is 50.1 Å². The van der Waals surface area contributed by atoms with Gasteiger partial charge in [0.05, 0.1) is 32.6 Å². The number of likely N-dealkylation sites (N-methyl/N-ethyl adjacent to an activating group) is 1. The molecule has 2 fully saturated rings. The lowest BCUT2D eigenvalue weighted by atomic mass is 9.75. The van der Waals surface area contributed by atoms with Crippen molar-refractivity contribution < 1.29 is 68.4 Å². The van der Waals surface area contributed by atoms with Crippen LogP contribution in [-0.2, 0) is 48.8 Å². The van der Waals surface area contributed by atoms with Gasteiger partial charge in [-0.15, -0.1) is 0 Å². The van der Waals surface area contributed by atoms with Gasteiger partial charge in [-0.25, -0.2) is 18.0 Å². The lowest BCUT2D eigenvalue weighted by Gasteiger charge is -2.43. The van der Waals surface area contributed by atoms with Crippen LogP contribution in [0.4, 0.5) is 23.3 Å². The fraction of sp³-hybridized carbons (Fsp3) is 0.417. The monoisotopic (exact) mass is 1250 g/mol. The number of amides is 1. The van der Waals surface area contributed by atoms with Crippen molar-refractivity contribution in [2.24, 2.45) is 0 Å². The number of benzene rings is 3. The summed E-state index contributed by atoms with van der Waals surface area (Å²) in [6.07, 6.45) is 12.4. The first-order valence-corrected chi connectivity index (χ1v) is 33.4. The molecule has 10 rings (SSSR count). The first-order chi connectivity index (χ1) is 41.2. The van der Waals surface area contributed by atoms with Crippen LogP contribution in [0, 0.1) is 0 Å². The number of aliphatic hydroxyl groups excluding tert-OH is 1. The molecule has 1 amide bonds. The summed E-state index contributed by atoms with van der Waals surface area (Å²) in [5, 5.41) is 17.4. The van der Waals surface area contributed by atoms with Crippen LogP contribution in [0.15, 0.2) is 113 Å². The number of hydrogen-bond donors (Lipinski definition) is 7. The van der Waals surface area contributed by atoms with Crippen molar-refractivity contribution in [3.63, 3.8) is 0 Å². The van der Waals surface area contributed by atoms with E-state index in [-0.39, 0.29) is 65.4 Å². The number of ether oxygens (including phenoxy) is 2. The molecular weight excluding hydrogens is 1180 g/mol. The number of unbranched alkanes of at least 4 members (excludes halogenated alkanes) is 3. The molecule has 3 aromatic carbocycles. The first kappa shape index (κ1) is 62.9. The fourth-order valence-electron chi connectivity index (χ4n) is 12.3. The van der Waals surface area contributed by atoms with Crippen molar-refractivity contribution in [3.8, 4) is 5.75 Å². The lowest BCUT2D eigenvalue weighted by molar-refractivity contribution is -0.437. The summed E-state index contributed by atoms with van der Waals surface area (Å²) < 4.78 is 109. The number of carbonyl (C=O) groups excluding carboxylic acids is 1. The number of aliphatic hydroxyl groups is 1. The van der Waals surface area contributed by atoms with Crippen molar-refractivity contribution in [2.45, 2.75) is 126 Å². The zero-order valence-corrected chi connectivity index (χ0v) is 51.4. The van der Waals surface area contributed by atoms with Crippen LogP contribution in [0.5, 0.6) is 5.75 Å². The minimum absolute atomic E-state index is 0.00780. The molecule has 2 saturated heterocycles. The minimum Gasteiger partial charge on any atom is -0.748 e. The quantitative estimate of drug-likeness (QED) is 0.0109. The van der Waals surface area contributed by atoms with Crippen LogP contribution < -0.4 is 31.6 Å². The largest absolute Gasteiger partial charge is 0.748 e. The van der Waals surface area contributed by atoms with Crippen LogP contribution in [0.2, 0.25) is 0 Å². The molecule has 6 atom stereocenters. The number of rotatable bonds is 23. The van der Waals surface area contributed by atoms with Crippen molar-refractivity contribution >= 4 is 91.0 Å². The number of H-pyrrole nitrogens is 1. The molecule has 24 nitrogen and oxygen atoms in total. The molecule has 0 radical (unpaired) electrons. The summed E-state index contributed by atoms with van der Waals surface area (Å²) in [6, 6.07) is 18.4. The van der Waals surface area contributed by atoms with E-state index >= 15 is 0 Å². The van der Waals surface area contributed by atoms with E-state index in [1.807, 2.05) is 78.3 Å². The molecule has 27 heteroatoms. The number of nitrogens with zero attached hydrogens (tertiary/aromatic N) is 5. The van der Waals surface area contributed by atoms with Gasteiger partial charge >= 0.3 is 7.82 Å². The molecule has 0 saturated carbocycles. The summed E-state index contributed by atoms with van der Waals surface area (Å²) in [7, 11) is -13.7. The third-order valence-electron chi connectivity index (χ3n) is 16.4. The molecule has 0 aliphatic carbocycles. The summed E-state index contributed by atoms with van der Waals surface area (Å²) in [5.74, 6) is 0.502. The van der Waals surface area contributed by atoms with Crippen molar-refractivity contribution in [1.29, 1.82) is 0 Å². The van der Waals surface area contributed by atoms with Crippen LogP contribution in [-0.4, -0.2) is 134 Å². The van der Waals surface area contributed by atoms with Gasteiger partial charge in [0.1, 0.15) is 36.4 Å². The average molecular weight is 1250 g/mol. The lowest BCUT2D eigenvalue weighted by Crippen LogP contribution is -2.44. The normalized spacial score (nSPS) is 23.8. The average Bonchev–Trinajstić information content (AvgIpc) is 1.75. The Morgan fingerprint density at radius 2 is 1.75 bits per heavy atom. The second-order valence-electron chi connectivity index (χ2n) is 22.9. The minimum atomic E-state index is -4.66. The molecule has 464 valence electrons. The molecular formula is C60H72N9O15PS2. The van der Waals surface area contributed by atoms with Crippen molar-refractivity contribution in [1.82, 2.24) is 24.8 Å². The third-order valence-corrected chi connectivity index (χ3v) is 19.0. The van der Waals surface area contributed by atoms with Gasteiger partial charge in [-0.05, 0) is 95.7 Å². The predicted octanol–water partition coefficient (Wildman–Crippen LogP) is 7.62. The third kappa shape index (κ3) is 13.6. The fourth-order valence-corrected chi connectivity index (χ4v) is 14.3. The Kier molecular flexibility index (Phi) is 18.2. The molecule has 0 bridgehead atoms. The molecule has 87 heavy (non-hydrogen) atoms. The van der Waals surface area contributed by atoms with Gasteiger partial charge < -0.3 is 45.3 Å².